The highest BCUT2D eigenvalue weighted by molar-refractivity contribution is 5.84. The lowest BCUT2D eigenvalue weighted by atomic mass is 10.1. The van der Waals surface area contributed by atoms with Crippen LogP contribution in [0.15, 0.2) is 102 Å². The molecule has 158 valence electrons. The number of hydrogen-bond acceptors (Lipinski definition) is 3. The summed E-state index contributed by atoms with van der Waals surface area (Å²) in [6, 6.07) is 29.2. The molecule has 6 aromatic rings. The minimum absolute atomic E-state index is 0.194. The molecular formula is C27H17FN4O. The first-order valence-corrected chi connectivity index (χ1v) is 10.5. The molecule has 0 aliphatic heterocycles. The van der Waals surface area contributed by atoms with Gasteiger partial charge in [0, 0.05) is 0 Å². The Hall–Kier alpha value is -4.58. The van der Waals surface area contributed by atoms with Crippen LogP contribution in [-0.2, 0) is 0 Å². The molecular weight excluding hydrogens is 415 g/mol. The summed E-state index contributed by atoms with van der Waals surface area (Å²) >= 11 is 0. The molecule has 2 heterocycles. The first-order valence-electron chi connectivity index (χ1n) is 10.5. The van der Waals surface area contributed by atoms with Gasteiger partial charge in [-0.3, -0.25) is 4.79 Å². The van der Waals surface area contributed by atoms with Crippen molar-refractivity contribution in [2.45, 2.75) is 0 Å². The van der Waals surface area contributed by atoms with Crippen molar-refractivity contribution in [1.82, 2.24) is 19.5 Å². The van der Waals surface area contributed by atoms with Crippen LogP contribution in [0.3, 0.4) is 0 Å². The number of halogens is 1. The van der Waals surface area contributed by atoms with Gasteiger partial charge in [0.15, 0.2) is 5.82 Å². The predicted octanol–water partition coefficient (Wildman–Crippen LogP) is 5.74. The molecule has 1 N–H and O–H groups in total. The second-order valence-electron chi connectivity index (χ2n) is 7.73. The second-order valence-corrected chi connectivity index (χ2v) is 7.73. The highest BCUT2D eigenvalue weighted by Crippen LogP contribution is 2.27. The smallest absolute Gasteiger partial charge is 0.268 e. The molecule has 0 fully saturated rings. The summed E-state index contributed by atoms with van der Waals surface area (Å²) in [7, 11) is 0. The van der Waals surface area contributed by atoms with E-state index in [4.69, 9.17) is 0 Å². The number of nitrogens with zero attached hydrogens (tertiary/aromatic N) is 3. The number of hydrogen-bond donors (Lipinski definition) is 1. The van der Waals surface area contributed by atoms with Gasteiger partial charge in [0.25, 0.3) is 5.56 Å². The van der Waals surface area contributed by atoms with Crippen molar-refractivity contribution in [3.8, 4) is 28.5 Å². The lowest BCUT2D eigenvalue weighted by molar-refractivity contribution is 0.629. The fourth-order valence-electron chi connectivity index (χ4n) is 4.06. The first-order chi connectivity index (χ1) is 16.2. The van der Waals surface area contributed by atoms with E-state index in [1.807, 2.05) is 48.5 Å². The maximum Gasteiger partial charge on any atom is 0.268 e. The third kappa shape index (κ3) is 3.20. The summed E-state index contributed by atoms with van der Waals surface area (Å²) in [5, 5.41) is 0.433. The van der Waals surface area contributed by atoms with Crippen molar-refractivity contribution in [2.75, 3.05) is 0 Å². The van der Waals surface area contributed by atoms with Crippen LogP contribution in [-0.4, -0.2) is 19.5 Å². The molecule has 0 radical (unpaired) electrons. The summed E-state index contributed by atoms with van der Waals surface area (Å²) in [4.78, 5) is 26.1. The lowest BCUT2D eigenvalue weighted by Crippen LogP contribution is -2.23. The van der Waals surface area contributed by atoms with Crippen LogP contribution in [0.4, 0.5) is 4.39 Å². The van der Waals surface area contributed by atoms with Gasteiger partial charge >= 0.3 is 0 Å². The summed E-state index contributed by atoms with van der Waals surface area (Å²) in [5.74, 6) is 0.0202. The van der Waals surface area contributed by atoms with Gasteiger partial charge in [0.2, 0.25) is 5.95 Å². The zero-order chi connectivity index (χ0) is 22.4. The average Bonchev–Trinajstić information content (AvgIpc) is 3.28. The number of nitrogens with one attached hydrogen (secondary N) is 1. The number of H-pyrrole nitrogens is 1. The molecule has 0 saturated heterocycles. The standard InChI is InChI=1S/C27H17FN4O/c28-21-12-6-4-10-19(21)25-29-22-13-7-5-11-20(22)26(33)32(25)27-30-23-15-14-18(16-24(23)31-27)17-8-2-1-3-9-17/h1-16H,(H,30,31). The minimum atomic E-state index is -0.462. The minimum Gasteiger partial charge on any atom is -0.323 e. The van der Waals surface area contributed by atoms with E-state index >= 15 is 0 Å². The average molecular weight is 432 g/mol. The van der Waals surface area contributed by atoms with Crippen LogP contribution in [0.2, 0.25) is 0 Å². The molecule has 0 aliphatic rings. The van der Waals surface area contributed by atoms with Crippen LogP contribution in [0, 0.1) is 5.82 Å². The molecule has 4 aromatic carbocycles. The molecule has 6 rings (SSSR count). The van der Waals surface area contributed by atoms with E-state index in [0.29, 0.717) is 16.4 Å². The number of imidazole rings is 1. The molecule has 33 heavy (non-hydrogen) atoms. The van der Waals surface area contributed by atoms with Crippen molar-refractivity contribution in [1.29, 1.82) is 0 Å². The van der Waals surface area contributed by atoms with E-state index < -0.39 is 5.82 Å². The lowest BCUT2D eigenvalue weighted by Gasteiger charge is -2.12. The molecule has 0 unspecified atom stereocenters. The molecule has 0 aliphatic carbocycles. The zero-order valence-electron chi connectivity index (χ0n) is 17.4. The van der Waals surface area contributed by atoms with Crippen LogP contribution in [0.5, 0.6) is 0 Å². The van der Waals surface area contributed by atoms with Gasteiger partial charge < -0.3 is 4.98 Å². The van der Waals surface area contributed by atoms with Crippen molar-refractivity contribution < 1.29 is 4.39 Å². The third-order valence-corrected chi connectivity index (χ3v) is 5.68. The summed E-state index contributed by atoms with van der Waals surface area (Å²) < 4.78 is 16.1. The van der Waals surface area contributed by atoms with Gasteiger partial charge in [0.05, 0.1) is 27.5 Å². The van der Waals surface area contributed by atoms with E-state index in [-0.39, 0.29) is 22.9 Å². The quantitative estimate of drug-likeness (QED) is 0.388. The predicted molar refractivity (Wildman–Crippen MR) is 128 cm³/mol. The molecule has 5 nitrogen and oxygen atoms in total. The Kier molecular flexibility index (Phi) is 4.36. The van der Waals surface area contributed by atoms with Gasteiger partial charge in [-0.2, -0.15) is 0 Å². The SMILES string of the molecule is O=c1c2ccccc2nc(-c2ccccc2F)n1-c1nc2ccc(-c3ccccc3)cc2[nH]1. The number of rotatable bonds is 3. The van der Waals surface area contributed by atoms with Crippen LogP contribution >= 0.6 is 0 Å². The number of fused-ring (bicyclic) bond motifs is 2. The Morgan fingerprint density at radius 2 is 1.48 bits per heavy atom. The maximum atomic E-state index is 14.8. The van der Waals surface area contributed by atoms with E-state index in [0.717, 1.165) is 16.6 Å². The van der Waals surface area contributed by atoms with Gasteiger partial charge in [-0.1, -0.05) is 60.7 Å². The van der Waals surface area contributed by atoms with Crippen molar-refractivity contribution in [2.24, 2.45) is 0 Å². The number of benzene rings is 4. The number of para-hydroxylation sites is 1. The fraction of sp³-hybridized carbons (Fsp3) is 0. The Bertz CT molecular complexity index is 1700. The Morgan fingerprint density at radius 3 is 2.33 bits per heavy atom. The van der Waals surface area contributed by atoms with Crippen LogP contribution in [0.25, 0.3) is 50.4 Å². The monoisotopic (exact) mass is 432 g/mol. The highest BCUT2D eigenvalue weighted by Gasteiger charge is 2.19. The van der Waals surface area contributed by atoms with E-state index in [2.05, 4.69) is 15.0 Å². The Labute approximate surface area is 187 Å². The summed E-state index contributed by atoms with van der Waals surface area (Å²) in [5.41, 5.74) is 3.98. The van der Waals surface area contributed by atoms with E-state index in [1.54, 1.807) is 42.5 Å². The number of aromatic nitrogens is 4. The molecule has 0 saturated carbocycles. The van der Waals surface area contributed by atoms with Crippen LogP contribution < -0.4 is 5.56 Å². The third-order valence-electron chi connectivity index (χ3n) is 5.68. The molecule has 0 amide bonds. The largest absolute Gasteiger partial charge is 0.323 e. The maximum absolute atomic E-state index is 14.8. The van der Waals surface area contributed by atoms with Gasteiger partial charge in [0.1, 0.15) is 5.82 Å². The summed E-state index contributed by atoms with van der Waals surface area (Å²) in [6.07, 6.45) is 0. The topological polar surface area (TPSA) is 63.6 Å². The van der Waals surface area contributed by atoms with E-state index in [1.165, 1.54) is 10.6 Å². The molecule has 0 bridgehead atoms. The normalized spacial score (nSPS) is 11.3. The zero-order valence-corrected chi connectivity index (χ0v) is 17.4. The van der Waals surface area contributed by atoms with Gasteiger partial charge in [-0.15, -0.1) is 0 Å². The van der Waals surface area contributed by atoms with Crippen molar-refractivity contribution >= 4 is 21.9 Å². The Balaban J connectivity index is 1.62. The number of aromatic amines is 1. The van der Waals surface area contributed by atoms with Gasteiger partial charge in [-0.05, 0) is 47.5 Å². The molecule has 2 aromatic heterocycles. The fourth-order valence-corrected chi connectivity index (χ4v) is 4.06. The molecule has 0 spiro atoms. The second kappa shape index (κ2) is 7.53. The van der Waals surface area contributed by atoms with Crippen molar-refractivity contribution in [3.63, 3.8) is 0 Å². The van der Waals surface area contributed by atoms with Gasteiger partial charge in [-0.25, -0.2) is 18.9 Å². The summed E-state index contributed by atoms with van der Waals surface area (Å²) in [6.45, 7) is 0. The molecule has 0 atom stereocenters. The highest BCUT2D eigenvalue weighted by atomic mass is 19.1. The Morgan fingerprint density at radius 1 is 0.727 bits per heavy atom. The van der Waals surface area contributed by atoms with Crippen LogP contribution in [0.1, 0.15) is 0 Å². The molecule has 6 heteroatoms. The first kappa shape index (κ1) is 19.1. The van der Waals surface area contributed by atoms with E-state index in [9.17, 15) is 9.18 Å². The van der Waals surface area contributed by atoms with Crippen molar-refractivity contribution in [3.05, 3.63) is 113 Å².